The van der Waals surface area contributed by atoms with Gasteiger partial charge < -0.3 is 20.7 Å². The Morgan fingerprint density at radius 3 is 2.65 bits per heavy atom. The fourth-order valence-electron chi connectivity index (χ4n) is 5.18. The highest BCUT2D eigenvalue weighted by molar-refractivity contribution is 7.21. The molecular formula is C28H27N5O3S. The van der Waals surface area contributed by atoms with Crippen molar-refractivity contribution in [3.63, 3.8) is 0 Å². The van der Waals surface area contributed by atoms with E-state index in [2.05, 4.69) is 20.9 Å². The van der Waals surface area contributed by atoms with E-state index in [1.54, 1.807) is 11.1 Å². The number of hydrogen-bond donors (Lipinski definition) is 3. The Balaban J connectivity index is 1.32. The van der Waals surface area contributed by atoms with Gasteiger partial charge in [0.1, 0.15) is 21.2 Å². The van der Waals surface area contributed by atoms with Crippen LogP contribution in [0.5, 0.6) is 11.5 Å². The summed E-state index contributed by atoms with van der Waals surface area (Å²) in [5, 5.41) is 10.2. The summed E-state index contributed by atoms with van der Waals surface area (Å²) in [6.45, 7) is 1.95. The number of hydrogen-bond acceptors (Lipinski definition) is 6. The lowest BCUT2D eigenvalue weighted by molar-refractivity contribution is 0.0942. The van der Waals surface area contributed by atoms with Gasteiger partial charge in [-0.2, -0.15) is 0 Å². The van der Waals surface area contributed by atoms with Crippen LogP contribution in [-0.2, 0) is 0 Å². The van der Waals surface area contributed by atoms with Crippen molar-refractivity contribution in [1.29, 1.82) is 0 Å². The number of urea groups is 1. The molecule has 1 aliphatic heterocycles. The molecule has 188 valence electrons. The number of amides is 3. The van der Waals surface area contributed by atoms with E-state index < -0.39 is 0 Å². The van der Waals surface area contributed by atoms with E-state index in [4.69, 9.17) is 4.74 Å². The van der Waals surface area contributed by atoms with Crippen molar-refractivity contribution < 1.29 is 14.3 Å². The highest BCUT2D eigenvalue weighted by Crippen LogP contribution is 2.46. The van der Waals surface area contributed by atoms with Crippen molar-refractivity contribution >= 4 is 50.6 Å². The van der Waals surface area contributed by atoms with Crippen LogP contribution in [-0.4, -0.2) is 36.1 Å². The molecule has 1 unspecified atom stereocenters. The number of para-hydroxylation sites is 1. The lowest BCUT2D eigenvalue weighted by atomic mass is 10.1. The topological polar surface area (TPSA) is 95.6 Å². The standard InChI is InChI=1S/C28H27N5O3S/c1-16-14-20(36-19-6-4-3-5-7-19)10-11-21(16)33-22-12-13-30-27-23(22)24(32-28(33)35)25(37-27)26(34)31-18-9-8-17(15-18)29-2/h3-7,10-14,17-18,29H,8-9,15H2,1-2H3,(H,31,34)(H,32,35)/t17?,18-/m0/s1. The molecule has 1 aliphatic carbocycles. The summed E-state index contributed by atoms with van der Waals surface area (Å²) in [4.78, 5) is 34.1. The third-order valence-electron chi connectivity index (χ3n) is 7.02. The summed E-state index contributed by atoms with van der Waals surface area (Å²) in [6, 6.07) is 17.2. The van der Waals surface area contributed by atoms with Crippen LogP contribution in [0.2, 0.25) is 0 Å². The Labute approximate surface area is 218 Å². The number of aryl methyl sites for hydroxylation is 1. The number of anilines is 3. The van der Waals surface area contributed by atoms with Crippen LogP contribution in [0.1, 0.15) is 34.5 Å². The predicted octanol–water partition coefficient (Wildman–Crippen LogP) is 5.95. The van der Waals surface area contributed by atoms with E-state index in [1.807, 2.05) is 68.6 Å². The van der Waals surface area contributed by atoms with Gasteiger partial charge in [-0.1, -0.05) is 18.2 Å². The second kappa shape index (κ2) is 9.49. The molecule has 1 saturated carbocycles. The van der Waals surface area contributed by atoms with Crippen LogP contribution in [0.25, 0.3) is 10.2 Å². The highest BCUT2D eigenvalue weighted by Gasteiger charge is 2.34. The van der Waals surface area contributed by atoms with Gasteiger partial charge in [0, 0.05) is 18.3 Å². The van der Waals surface area contributed by atoms with Crippen molar-refractivity contribution in [2.45, 2.75) is 38.3 Å². The molecule has 9 heteroatoms. The van der Waals surface area contributed by atoms with Crippen LogP contribution in [0.15, 0.2) is 60.8 Å². The summed E-state index contributed by atoms with van der Waals surface area (Å²) in [5.74, 6) is 1.26. The Bertz CT molecular complexity index is 1500. The van der Waals surface area contributed by atoms with E-state index in [0.29, 0.717) is 32.9 Å². The summed E-state index contributed by atoms with van der Waals surface area (Å²) in [7, 11) is 1.95. The minimum atomic E-state index is -0.316. The first-order chi connectivity index (χ1) is 18.0. The molecule has 4 aromatic rings. The van der Waals surface area contributed by atoms with Gasteiger partial charge in [-0.15, -0.1) is 11.3 Å². The molecule has 3 amide bonds. The first kappa shape index (κ1) is 23.4. The number of carbonyl (C=O) groups excluding carboxylic acids is 2. The molecule has 2 aromatic heterocycles. The molecule has 3 heterocycles. The molecule has 6 rings (SSSR count). The number of ether oxygens (including phenoxy) is 1. The Kier molecular flexibility index (Phi) is 6.02. The quantitative estimate of drug-likeness (QED) is 0.296. The fourth-order valence-corrected chi connectivity index (χ4v) is 6.20. The van der Waals surface area contributed by atoms with Crippen LogP contribution in [0.4, 0.5) is 21.9 Å². The van der Waals surface area contributed by atoms with Crippen LogP contribution in [0, 0.1) is 6.92 Å². The highest BCUT2D eigenvalue weighted by atomic mass is 32.1. The maximum Gasteiger partial charge on any atom is 0.331 e. The maximum absolute atomic E-state index is 13.5. The van der Waals surface area contributed by atoms with E-state index >= 15 is 0 Å². The van der Waals surface area contributed by atoms with Gasteiger partial charge in [-0.3, -0.25) is 9.69 Å². The van der Waals surface area contributed by atoms with Gasteiger partial charge in [0.15, 0.2) is 0 Å². The van der Waals surface area contributed by atoms with Crippen molar-refractivity contribution in [2.75, 3.05) is 17.3 Å². The molecule has 2 atom stereocenters. The van der Waals surface area contributed by atoms with E-state index in [9.17, 15) is 9.59 Å². The lowest BCUT2D eigenvalue weighted by Crippen LogP contribution is -2.37. The predicted molar refractivity (Wildman–Crippen MR) is 146 cm³/mol. The molecular weight excluding hydrogens is 486 g/mol. The number of nitrogens with zero attached hydrogens (tertiary/aromatic N) is 2. The summed E-state index contributed by atoms with van der Waals surface area (Å²) in [6.07, 6.45) is 4.55. The van der Waals surface area contributed by atoms with Crippen LogP contribution < -0.4 is 25.6 Å². The first-order valence-electron chi connectivity index (χ1n) is 12.4. The summed E-state index contributed by atoms with van der Waals surface area (Å²) >= 11 is 1.31. The van der Waals surface area contributed by atoms with Gasteiger partial charge in [-0.25, -0.2) is 9.78 Å². The van der Waals surface area contributed by atoms with Gasteiger partial charge >= 0.3 is 6.03 Å². The molecule has 0 bridgehead atoms. The van der Waals surface area contributed by atoms with Crippen LogP contribution >= 0.6 is 11.3 Å². The van der Waals surface area contributed by atoms with Crippen molar-refractivity contribution in [3.05, 3.63) is 71.2 Å². The van der Waals surface area contributed by atoms with E-state index in [0.717, 1.165) is 41.6 Å². The zero-order chi connectivity index (χ0) is 25.5. The monoisotopic (exact) mass is 513 g/mol. The van der Waals surface area contributed by atoms with Gasteiger partial charge in [0.05, 0.1) is 22.4 Å². The number of pyridine rings is 1. The first-order valence-corrected chi connectivity index (χ1v) is 13.2. The molecule has 1 fully saturated rings. The molecule has 0 radical (unpaired) electrons. The third-order valence-corrected chi connectivity index (χ3v) is 8.11. The second-order valence-electron chi connectivity index (χ2n) is 9.41. The van der Waals surface area contributed by atoms with Crippen molar-refractivity contribution in [2.24, 2.45) is 0 Å². The maximum atomic E-state index is 13.5. The molecule has 2 aromatic carbocycles. The SMILES string of the molecule is CNC1CC[C@H](NC(=O)c2sc3nccc4c3c2NC(=O)N4c2ccc(Oc3ccccc3)cc2C)C1. The number of benzene rings is 2. The number of thiophene rings is 1. The normalized spacial score (nSPS) is 18.6. The average molecular weight is 514 g/mol. The largest absolute Gasteiger partial charge is 0.457 e. The number of rotatable bonds is 6. The smallest absolute Gasteiger partial charge is 0.331 e. The minimum absolute atomic E-state index is 0.116. The molecule has 0 spiro atoms. The number of carbonyl (C=O) groups is 2. The molecule has 2 aliphatic rings. The van der Waals surface area contributed by atoms with E-state index in [1.165, 1.54) is 11.3 Å². The fraction of sp³-hybridized carbons (Fsp3) is 0.250. The van der Waals surface area contributed by atoms with E-state index in [-0.39, 0.29) is 18.0 Å². The minimum Gasteiger partial charge on any atom is -0.457 e. The van der Waals surface area contributed by atoms with Gasteiger partial charge in [-0.05, 0) is 75.2 Å². The molecule has 37 heavy (non-hydrogen) atoms. The lowest BCUT2D eigenvalue weighted by Gasteiger charge is -2.29. The second-order valence-corrected chi connectivity index (χ2v) is 10.4. The van der Waals surface area contributed by atoms with Gasteiger partial charge in [0.25, 0.3) is 5.91 Å². The Morgan fingerprint density at radius 1 is 1.08 bits per heavy atom. The third kappa shape index (κ3) is 4.30. The average Bonchev–Trinajstić information content (AvgIpc) is 3.51. The van der Waals surface area contributed by atoms with Gasteiger partial charge in [0.2, 0.25) is 0 Å². The Morgan fingerprint density at radius 2 is 1.89 bits per heavy atom. The number of nitrogens with one attached hydrogen (secondary N) is 3. The molecule has 8 nitrogen and oxygen atoms in total. The summed E-state index contributed by atoms with van der Waals surface area (Å²) in [5.41, 5.74) is 2.85. The zero-order valence-electron chi connectivity index (χ0n) is 20.6. The van der Waals surface area contributed by atoms with Crippen LogP contribution in [0.3, 0.4) is 0 Å². The summed E-state index contributed by atoms with van der Waals surface area (Å²) < 4.78 is 5.96. The number of aromatic nitrogens is 1. The molecule has 3 N–H and O–H groups in total. The Hall–Kier alpha value is -3.95. The van der Waals surface area contributed by atoms with Crippen molar-refractivity contribution in [1.82, 2.24) is 15.6 Å². The molecule has 0 saturated heterocycles. The zero-order valence-corrected chi connectivity index (χ0v) is 21.4. The van der Waals surface area contributed by atoms with Crippen molar-refractivity contribution in [3.8, 4) is 11.5 Å².